The third-order valence-corrected chi connectivity index (χ3v) is 7.63. The fourth-order valence-electron chi connectivity index (χ4n) is 3.71. The Morgan fingerprint density at radius 3 is 2.74 bits per heavy atom. The number of hydrogen-bond donors (Lipinski definition) is 1. The summed E-state index contributed by atoms with van der Waals surface area (Å²) in [4.78, 5) is 23.3. The molecule has 2 aromatic heterocycles. The quantitative estimate of drug-likeness (QED) is 0.569. The van der Waals surface area contributed by atoms with E-state index in [0.29, 0.717) is 5.56 Å². The number of amides is 1. The van der Waals surface area contributed by atoms with Crippen molar-refractivity contribution in [2.24, 2.45) is 13.0 Å². The molecule has 0 aromatic carbocycles. The number of fused-ring (bicyclic) bond motifs is 1. The van der Waals surface area contributed by atoms with E-state index in [1.165, 1.54) is 23.9 Å². The monoisotopic (exact) mass is 503 g/mol. The van der Waals surface area contributed by atoms with Gasteiger partial charge in [0.2, 0.25) is 5.88 Å². The Kier molecular flexibility index (Phi) is 8.53. The van der Waals surface area contributed by atoms with Crippen molar-refractivity contribution in [1.82, 2.24) is 23.7 Å². The number of carbonyl (C=O) groups is 1. The second kappa shape index (κ2) is 11.2. The normalized spacial score (nSPS) is 19.3. The molecule has 3 atom stereocenters. The lowest BCUT2D eigenvalue weighted by Gasteiger charge is -2.37. The molecule has 10 nitrogen and oxygen atoms in total. The number of pyridine rings is 1. The number of carbonyl (C=O) groups excluding carboxylic acids is 1. The van der Waals surface area contributed by atoms with E-state index in [0.717, 1.165) is 12.8 Å². The summed E-state index contributed by atoms with van der Waals surface area (Å²) in [5, 5.41) is 9.73. The highest BCUT2D eigenvalue weighted by Crippen LogP contribution is 2.28. The molecule has 35 heavy (non-hydrogen) atoms. The van der Waals surface area contributed by atoms with Crippen LogP contribution < -0.4 is 4.74 Å². The van der Waals surface area contributed by atoms with Crippen molar-refractivity contribution in [3.8, 4) is 17.7 Å². The number of aliphatic hydroxyl groups is 1. The van der Waals surface area contributed by atoms with E-state index in [-0.39, 0.29) is 48.0 Å². The summed E-state index contributed by atoms with van der Waals surface area (Å²) >= 11 is 0. The van der Waals surface area contributed by atoms with E-state index in [4.69, 9.17) is 4.74 Å². The maximum absolute atomic E-state index is 13.4. The Morgan fingerprint density at radius 1 is 1.37 bits per heavy atom. The molecule has 0 saturated heterocycles. The molecule has 0 saturated carbocycles. The van der Waals surface area contributed by atoms with E-state index < -0.39 is 22.2 Å². The van der Waals surface area contributed by atoms with Crippen molar-refractivity contribution in [3.63, 3.8) is 0 Å². The van der Waals surface area contributed by atoms with Crippen molar-refractivity contribution in [2.75, 3.05) is 26.7 Å². The molecule has 0 aliphatic carbocycles. The fraction of sp³-hybridized carbons (Fsp3) is 0.542. The summed E-state index contributed by atoms with van der Waals surface area (Å²) in [6, 6.07) is 1.20. The smallest absolute Gasteiger partial charge is 0.261 e. The Hall–Kier alpha value is -2.94. The molecule has 0 fully saturated rings. The number of likely N-dealkylation sites (N-methyl/N-ethyl adjacent to an activating group) is 1. The minimum absolute atomic E-state index is 0.0226. The minimum Gasteiger partial charge on any atom is -0.472 e. The van der Waals surface area contributed by atoms with Gasteiger partial charge in [0.1, 0.15) is 11.7 Å². The van der Waals surface area contributed by atoms with Crippen molar-refractivity contribution >= 4 is 15.9 Å². The van der Waals surface area contributed by atoms with Crippen LogP contribution >= 0.6 is 0 Å². The van der Waals surface area contributed by atoms with Gasteiger partial charge in [-0.1, -0.05) is 25.7 Å². The van der Waals surface area contributed by atoms with E-state index in [1.54, 1.807) is 35.7 Å². The van der Waals surface area contributed by atoms with E-state index in [1.807, 2.05) is 13.8 Å². The first-order chi connectivity index (χ1) is 16.6. The molecule has 3 heterocycles. The number of aromatic nitrogens is 3. The van der Waals surface area contributed by atoms with Crippen molar-refractivity contribution < 1.29 is 23.1 Å². The zero-order chi connectivity index (χ0) is 25.8. The second-order valence-corrected chi connectivity index (χ2v) is 10.9. The van der Waals surface area contributed by atoms with Crippen molar-refractivity contribution in [1.29, 1.82) is 0 Å². The standard InChI is InChI=1S/C24H33N5O5S/c1-6-7-8-9-19-10-20-23(25-11-19)34-21(17(2)12-29(24(20)31)18(3)15-30)13-28(5)35(32,33)22-14-27(4)16-26-22/h10-11,14,16-18,21,30H,6-7,12-13,15H2,1-5H3/t17-,18-,21-/m1/s1. The summed E-state index contributed by atoms with van der Waals surface area (Å²) in [5.41, 5.74) is 0.825. The van der Waals surface area contributed by atoms with Gasteiger partial charge in [-0.15, -0.1) is 0 Å². The summed E-state index contributed by atoms with van der Waals surface area (Å²) in [6.07, 6.45) is 5.46. The molecule has 190 valence electrons. The largest absolute Gasteiger partial charge is 0.472 e. The van der Waals surface area contributed by atoms with Crippen LogP contribution in [0.25, 0.3) is 0 Å². The van der Waals surface area contributed by atoms with Crippen LogP contribution in [0.5, 0.6) is 5.88 Å². The van der Waals surface area contributed by atoms with E-state index in [2.05, 4.69) is 21.8 Å². The predicted molar refractivity (Wildman–Crippen MR) is 130 cm³/mol. The van der Waals surface area contributed by atoms with E-state index >= 15 is 0 Å². The molecule has 0 bridgehead atoms. The molecule has 1 N–H and O–H groups in total. The topological polar surface area (TPSA) is 118 Å². The SMILES string of the molecule is CCCC#Cc1cnc2c(c1)C(=O)N([C@H](C)CO)C[C@@H](C)[C@@H](CN(C)S(=O)(=O)c1cn(C)cn1)O2. The molecule has 0 spiro atoms. The highest BCUT2D eigenvalue weighted by atomic mass is 32.2. The van der Waals surface area contributed by atoms with Gasteiger partial charge in [0.15, 0.2) is 5.03 Å². The van der Waals surface area contributed by atoms with Crippen LogP contribution in [0.2, 0.25) is 0 Å². The third kappa shape index (κ3) is 6.01. The average Bonchev–Trinajstić information content (AvgIpc) is 3.28. The Morgan fingerprint density at radius 2 is 2.11 bits per heavy atom. The van der Waals surface area contributed by atoms with E-state index in [9.17, 15) is 18.3 Å². The Labute approximate surface area is 207 Å². The summed E-state index contributed by atoms with van der Waals surface area (Å²) in [5.74, 6) is 5.61. The number of unbranched alkanes of at least 4 members (excludes halogenated alkanes) is 1. The lowest BCUT2D eigenvalue weighted by atomic mass is 10.0. The molecular weight excluding hydrogens is 470 g/mol. The van der Waals surface area contributed by atoms with Gasteiger partial charge in [0.25, 0.3) is 15.9 Å². The van der Waals surface area contributed by atoms with Gasteiger partial charge < -0.3 is 19.3 Å². The van der Waals surface area contributed by atoms with Gasteiger partial charge in [-0.25, -0.2) is 18.4 Å². The van der Waals surface area contributed by atoms with Gasteiger partial charge >= 0.3 is 0 Å². The van der Waals surface area contributed by atoms with Crippen LogP contribution in [0, 0.1) is 17.8 Å². The van der Waals surface area contributed by atoms with Crippen LogP contribution in [0.15, 0.2) is 29.8 Å². The number of aryl methyl sites for hydroxylation is 1. The van der Waals surface area contributed by atoms with Crippen LogP contribution in [0.1, 0.15) is 49.5 Å². The second-order valence-electron chi connectivity index (χ2n) is 8.91. The lowest BCUT2D eigenvalue weighted by molar-refractivity contribution is 0.0373. The number of sulfonamides is 1. The Bertz CT molecular complexity index is 1220. The number of rotatable bonds is 7. The molecular formula is C24H33N5O5S. The molecule has 0 radical (unpaired) electrons. The minimum atomic E-state index is -3.84. The van der Waals surface area contributed by atoms with Gasteiger partial charge in [0, 0.05) is 50.9 Å². The fourth-order valence-corrected chi connectivity index (χ4v) is 4.85. The number of ether oxygens (including phenoxy) is 1. The van der Waals surface area contributed by atoms with Crippen LogP contribution in [0.4, 0.5) is 0 Å². The zero-order valence-electron chi connectivity index (χ0n) is 20.8. The maximum atomic E-state index is 13.4. The number of aliphatic hydroxyl groups excluding tert-OH is 1. The summed E-state index contributed by atoms with van der Waals surface area (Å²) in [7, 11) is -0.673. The first-order valence-electron chi connectivity index (χ1n) is 11.6. The highest BCUT2D eigenvalue weighted by molar-refractivity contribution is 7.89. The van der Waals surface area contributed by atoms with Gasteiger partial charge in [0.05, 0.1) is 25.5 Å². The summed E-state index contributed by atoms with van der Waals surface area (Å²) < 4.78 is 35.0. The molecule has 1 aliphatic rings. The van der Waals surface area contributed by atoms with Crippen LogP contribution in [-0.4, -0.2) is 82.1 Å². The first-order valence-corrected chi connectivity index (χ1v) is 13.0. The van der Waals surface area contributed by atoms with Crippen molar-refractivity contribution in [3.05, 3.63) is 35.9 Å². The Balaban J connectivity index is 1.97. The summed E-state index contributed by atoms with van der Waals surface area (Å²) in [6.45, 7) is 5.76. The maximum Gasteiger partial charge on any atom is 0.261 e. The van der Waals surface area contributed by atoms with Gasteiger partial charge in [-0.05, 0) is 19.4 Å². The molecule has 0 unspecified atom stereocenters. The predicted octanol–water partition coefficient (Wildman–Crippen LogP) is 1.51. The van der Waals surface area contributed by atoms with Crippen molar-refractivity contribution in [2.45, 2.75) is 50.8 Å². The molecule has 1 aliphatic heterocycles. The molecule has 1 amide bonds. The lowest BCUT2D eigenvalue weighted by Crippen LogP contribution is -2.50. The van der Waals surface area contributed by atoms with Gasteiger partial charge in [-0.2, -0.15) is 4.31 Å². The molecule has 3 rings (SSSR count). The van der Waals surface area contributed by atoms with Gasteiger partial charge in [-0.3, -0.25) is 4.79 Å². The third-order valence-electron chi connectivity index (χ3n) is 5.92. The van der Waals surface area contributed by atoms with Crippen LogP contribution in [0.3, 0.4) is 0 Å². The van der Waals surface area contributed by atoms with Crippen LogP contribution in [-0.2, 0) is 17.1 Å². The number of imidazole rings is 1. The average molecular weight is 504 g/mol. The first kappa shape index (κ1) is 26.7. The molecule has 11 heteroatoms. The highest BCUT2D eigenvalue weighted by Gasteiger charge is 2.36. The zero-order valence-corrected chi connectivity index (χ0v) is 21.6. The number of nitrogens with zero attached hydrogens (tertiary/aromatic N) is 5. The molecule has 2 aromatic rings. The number of hydrogen-bond acceptors (Lipinski definition) is 7.